The van der Waals surface area contributed by atoms with Gasteiger partial charge in [0.25, 0.3) is 0 Å². The van der Waals surface area contributed by atoms with Crippen LogP contribution in [0.1, 0.15) is 56.2 Å². The van der Waals surface area contributed by atoms with E-state index in [4.69, 9.17) is 0 Å². The lowest BCUT2D eigenvalue weighted by atomic mass is 9.98. The molecule has 1 fully saturated rings. The van der Waals surface area contributed by atoms with Gasteiger partial charge in [0, 0.05) is 37.7 Å². The smallest absolute Gasteiger partial charge is 0.222 e. The quantitative estimate of drug-likeness (QED) is 0.907. The Morgan fingerprint density at radius 1 is 1.52 bits per heavy atom. The summed E-state index contributed by atoms with van der Waals surface area (Å²) in [5.74, 6) is 0.561. The summed E-state index contributed by atoms with van der Waals surface area (Å²) in [6.07, 6.45) is 3.67. The molecule has 1 aromatic rings. The lowest BCUT2D eigenvalue weighted by molar-refractivity contribution is -0.132. The molecule has 1 aliphatic rings. The third-order valence-electron chi connectivity index (χ3n) is 3.68. The van der Waals surface area contributed by atoms with Crippen LogP contribution in [0.4, 0.5) is 0 Å². The number of amides is 2. The Kier molecular flexibility index (Phi) is 5.73. The molecule has 0 spiro atoms. The van der Waals surface area contributed by atoms with Gasteiger partial charge < -0.3 is 10.2 Å². The van der Waals surface area contributed by atoms with Gasteiger partial charge in [-0.15, -0.1) is 11.3 Å². The van der Waals surface area contributed by atoms with Crippen molar-refractivity contribution in [3.8, 4) is 0 Å². The minimum absolute atomic E-state index is 0.0430. The van der Waals surface area contributed by atoms with Crippen molar-refractivity contribution in [2.24, 2.45) is 0 Å². The monoisotopic (exact) mass is 309 g/mol. The first-order valence-electron chi connectivity index (χ1n) is 7.56. The predicted octanol–water partition coefficient (Wildman–Crippen LogP) is 2.29. The number of thiazole rings is 1. The van der Waals surface area contributed by atoms with Gasteiger partial charge in [-0.1, -0.05) is 6.92 Å². The fourth-order valence-corrected chi connectivity index (χ4v) is 3.53. The molecule has 21 heavy (non-hydrogen) atoms. The van der Waals surface area contributed by atoms with Crippen molar-refractivity contribution < 1.29 is 9.59 Å². The molecule has 1 unspecified atom stereocenters. The van der Waals surface area contributed by atoms with Crippen molar-refractivity contribution in [3.63, 3.8) is 0 Å². The van der Waals surface area contributed by atoms with Gasteiger partial charge in [0.05, 0.1) is 17.2 Å². The van der Waals surface area contributed by atoms with E-state index in [1.165, 1.54) is 6.92 Å². The van der Waals surface area contributed by atoms with Crippen molar-refractivity contribution in [1.82, 2.24) is 15.2 Å². The van der Waals surface area contributed by atoms with Crippen molar-refractivity contribution in [2.75, 3.05) is 13.1 Å². The van der Waals surface area contributed by atoms with Crippen molar-refractivity contribution in [1.29, 1.82) is 0 Å². The Morgan fingerprint density at radius 2 is 2.33 bits per heavy atom. The summed E-state index contributed by atoms with van der Waals surface area (Å²) in [5.41, 5.74) is 0.905. The minimum atomic E-state index is -0.0430. The highest BCUT2D eigenvalue weighted by atomic mass is 32.1. The Morgan fingerprint density at radius 3 is 3.05 bits per heavy atom. The average molecular weight is 309 g/mol. The van der Waals surface area contributed by atoms with E-state index in [0.29, 0.717) is 18.9 Å². The first-order valence-corrected chi connectivity index (χ1v) is 8.44. The topological polar surface area (TPSA) is 62.3 Å². The first-order chi connectivity index (χ1) is 10.1. The largest absolute Gasteiger partial charge is 0.351 e. The van der Waals surface area contributed by atoms with Gasteiger partial charge in [-0.3, -0.25) is 9.59 Å². The average Bonchev–Trinajstić information content (AvgIpc) is 2.94. The van der Waals surface area contributed by atoms with E-state index in [-0.39, 0.29) is 11.8 Å². The van der Waals surface area contributed by atoms with Gasteiger partial charge in [-0.05, 0) is 19.3 Å². The summed E-state index contributed by atoms with van der Waals surface area (Å²) in [4.78, 5) is 29.5. The zero-order valence-corrected chi connectivity index (χ0v) is 13.5. The Balaban J connectivity index is 1.94. The first kappa shape index (κ1) is 15.9. The van der Waals surface area contributed by atoms with Crippen LogP contribution in [0.25, 0.3) is 0 Å². The van der Waals surface area contributed by atoms with Crippen LogP contribution < -0.4 is 5.32 Å². The molecule has 2 amide bonds. The number of aromatic nitrogens is 1. The number of nitrogens with zero attached hydrogens (tertiary/aromatic N) is 2. The molecule has 1 saturated heterocycles. The fraction of sp³-hybridized carbons (Fsp3) is 0.667. The van der Waals surface area contributed by atoms with Crippen LogP contribution in [0.2, 0.25) is 0 Å². The normalized spacial score (nSPS) is 18.6. The standard InChI is InChI=1S/C15H23N3O2S/c1-3-5-14(20)18-7-4-6-12(9-18)15-17-13(10-21-15)8-16-11(2)19/h10,12H,3-9H2,1-2H3,(H,16,19). The zero-order chi connectivity index (χ0) is 15.2. The number of hydrogen-bond donors (Lipinski definition) is 1. The second-order valence-corrected chi connectivity index (χ2v) is 6.41. The number of nitrogens with one attached hydrogen (secondary N) is 1. The van der Waals surface area contributed by atoms with E-state index < -0.39 is 0 Å². The number of rotatable bonds is 5. The van der Waals surface area contributed by atoms with Gasteiger partial charge in [0.1, 0.15) is 0 Å². The molecule has 1 aliphatic heterocycles. The molecule has 1 N–H and O–H groups in total. The van der Waals surface area contributed by atoms with Gasteiger partial charge in [-0.2, -0.15) is 0 Å². The maximum absolute atomic E-state index is 12.0. The highest BCUT2D eigenvalue weighted by Crippen LogP contribution is 2.29. The summed E-state index contributed by atoms with van der Waals surface area (Å²) >= 11 is 1.63. The van der Waals surface area contributed by atoms with Crippen LogP contribution in [0, 0.1) is 0 Å². The van der Waals surface area contributed by atoms with Crippen LogP contribution in [0.5, 0.6) is 0 Å². The second kappa shape index (κ2) is 7.54. The third-order valence-corrected chi connectivity index (χ3v) is 4.73. The summed E-state index contributed by atoms with van der Waals surface area (Å²) in [7, 11) is 0. The molecule has 1 atom stereocenters. The summed E-state index contributed by atoms with van der Waals surface area (Å²) in [6.45, 7) is 5.68. The number of hydrogen-bond acceptors (Lipinski definition) is 4. The molecule has 5 nitrogen and oxygen atoms in total. The van der Waals surface area contributed by atoms with E-state index >= 15 is 0 Å². The van der Waals surface area contributed by atoms with E-state index in [2.05, 4.69) is 10.3 Å². The molecule has 0 bridgehead atoms. The van der Waals surface area contributed by atoms with Gasteiger partial charge in [0.2, 0.25) is 11.8 Å². The van der Waals surface area contributed by atoms with E-state index in [1.807, 2.05) is 17.2 Å². The molecule has 0 aliphatic carbocycles. The lowest BCUT2D eigenvalue weighted by Gasteiger charge is -2.31. The van der Waals surface area contributed by atoms with Crippen molar-refractivity contribution >= 4 is 23.2 Å². The third kappa shape index (κ3) is 4.52. The van der Waals surface area contributed by atoms with Gasteiger partial charge >= 0.3 is 0 Å². The molecule has 6 heteroatoms. The molecule has 2 rings (SSSR count). The van der Waals surface area contributed by atoms with E-state index in [9.17, 15) is 9.59 Å². The van der Waals surface area contributed by atoms with Crippen molar-refractivity contribution in [3.05, 3.63) is 16.1 Å². The Labute approximate surface area is 129 Å². The number of carbonyl (C=O) groups is 2. The molecule has 2 heterocycles. The molecular weight excluding hydrogens is 286 g/mol. The molecule has 116 valence electrons. The molecular formula is C15H23N3O2S. The van der Waals surface area contributed by atoms with Gasteiger partial charge in [-0.25, -0.2) is 4.98 Å². The van der Waals surface area contributed by atoms with Crippen molar-refractivity contribution in [2.45, 2.75) is 52.0 Å². The number of piperidine rings is 1. The summed E-state index contributed by atoms with van der Waals surface area (Å²) in [6, 6.07) is 0. The molecule has 0 saturated carbocycles. The maximum atomic E-state index is 12.0. The van der Waals surface area contributed by atoms with Crippen LogP contribution in [0.3, 0.4) is 0 Å². The van der Waals surface area contributed by atoms with E-state index in [0.717, 1.165) is 43.1 Å². The lowest BCUT2D eigenvalue weighted by Crippen LogP contribution is -2.38. The number of carbonyl (C=O) groups excluding carboxylic acids is 2. The Hall–Kier alpha value is -1.43. The SMILES string of the molecule is CCCC(=O)N1CCCC(c2nc(CNC(C)=O)cs2)C1. The Bertz CT molecular complexity index is 501. The molecule has 1 aromatic heterocycles. The second-order valence-electron chi connectivity index (χ2n) is 5.52. The molecule has 0 radical (unpaired) electrons. The van der Waals surface area contributed by atoms with Crippen LogP contribution in [-0.4, -0.2) is 34.8 Å². The number of likely N-dealkylation sites (tertiary alicyclic amines) is 1. The van der Waals surface area contributed by atoms with Crippen LogP contribution >= 0.6 is 11.3 Å². The highest BCUT2D eigenvalue weighted by molar-refractivity contribution is 7.09. The van der Waals surface area contributed by atoms with Crippen LogP contribution in [0.15, 0.2) is 5.38 Å². The van der Waals surface area contributed by atoms with E-state index in [1.54, 1.807) is 11.3 Å². The maximum Gasteiger partial charge on any atom is 0.222 e. The zero-order valence-electron chi connectivity index (χ0n) is 12.7. The molecule has 0 aromatic carbocycles. The highest BCUT2D eigenvalue weighted by Gasteiger charge is 2.26. The summed E-state index contributed by atoms with van der Waals surface area (Å²) in [5, 5.41) is 5.85. The van der Waals surface area contributed by atoms with Gasteiger partial charge in [0.15, 0.2) is 0 Å². The fourth-order valence-electron chi connectivity index (χ4n) is 2.58. The predicted molar refractivity (Wildman–Crippen MR) is 83.1 cm³/mol. The minimum Gasteiger partial charge on any atom is -0.351 e. The summed E-state index contributed by atoms with van der Waals surface area (Å²) < 4.78 is 0. The van der Waals surface area contributed by atoms with Crippen LogP contribution in [-0.2, 0) is 16.1 Å².